The lowest BCUT2D eigenvalue weighted by Crippen LogP contribution is -1.92. The molecular weight excluding hydrogens is 293 g/mol. The number of nitrogens with zero attached hydrogens (tertiary/aromatic N) is 1. The van der Waals surface area contributed by atoms with E-state index in [0.717, 1.165) is 5.39 Å². The van der Waals surface area contributed by atoms with Crippen molar-refractivity contribution in [2.75, 3.05) is 5.73 Å². The van der Waals surface area contributed by atoms with Crippen molar-refractivity contribution >= 4 is 28.3 Å². The molecule has 0 fully saturated rings. The monoisotopic (exact) mass is 307 g/mol. The van der Waals surface area contributed by atoms with Gasteiger partial charge in [0.15, 0.2) is 11.6 Å². The van der Waals surface area contributed by atoms with Crippen molar-refractivity contribution in [2.45, 2.75) is 13.8 Å². The van der Waals surface area contributed by atoms with Gasteiger partial charge in [0.2, 0.25) is 0 Å². The van der Waals surface area contributed by atoms with Crippen molar-refractivity contribution in [2.24, 2.45) is 0 Å². The van der Waals surface area contributed by atoms with Gasteiger partial charge in [0.1, 0.15) is 16.5 Å². The molecule has 3 N–H and O–H groups in total. The molecule has 0 aliphatic heterocycles. The molecule has 3 aromatic rings. The number of nitrogens with two attached hydrogens (primary N) is 1. The summed E-state index contributed by atoms with van der Waals surface area (Å²) in [7, 11) is 0. The van der Waals surface area contributed by atoms with E-state index in [1.807, 2.05) is 13.8 Å². The number of rotatable bonds is 2. The smallest absolute Gasteiger partial charge is 0.167 e. The number of fused-ring (bicyclic) bond motifs is 1. The molecular formula is C15H15ClFN3O. The minimum absolute atomic E-state index is 0.0824. The molecule has 1 aromatic carbocycles. The number of halogens is 2. The molecule has 0 aliphatic rings. The predicted octanol–water partition coefficient (Wildman–Crippen LogP) is 4.76. The van der Waals surface area contributed by atoms with Crippen LogP contribution in [0.25, 0.3) is 11.0 Å². The van der Waals surface area contributed by atoms with Gasteiger partial charge in [-0.15, -0.1) is 0 Å². The summed E-state index contributed by atoms with van der Waals surface area (Å²) in [5.74, 6) is -0.0180. The van der Waals surface area contributed by atoms with Crippen molar-refractivity contribution in [3.05, 3.63) is 47.5 Å². The maximum atomic E-state index is 13.7. The van der Waals surface area contributed by atoms with Crippen molar-refractivity contribution in [1.29, 1.82) is 0 Å². The Balaban J connectivity index is 0.000000774. The van der Waals surface area contributed by atoms with Crippen LogP contribution in [0.5, 0.6) is 11.5 Å². The second kappa shape index (κ2) is 6.45. The van der Waals surface area contributed by atoms with Gasteiger partial charge in [-0.3, -0.25) is 0 Å². The number of hydrogen-bond donors (Lipinski definition) is 2. The zero-order valence-corrected chi connectivity index (χ0v) is 12.4. The van der Waals surface area contributed by atoms with Crippen LogP contribution in [0.2, 0.25) is 5.15 Å². The molecule has 0 amide bonds. The standard InChI is InChI=1S/C13H9ClFN3O.C2H6/c14-12-6-11(8-3-4-17-13(8)18-12)19-10-2-1-7(16)5-9(10)15;1-2/h1-6H,16H2,(H,17,18);1-2H3. The molecule has 21 heavy (non-hydrogen) atoms. The average molecular weight is 308 g/mol. The van der Waals surface area contributed by atoms with E-state index >= 15 is 0 Å². The average Bonchev–Trinajstić information content (AvgIpc) is 2.92. The fourth-order valence-electron chi connectivity index (χ4n) is 1.78. The molecule has 0 bridgehead atoms. The summed E-state index contributed by atoms with van der Waals surface area (Å²) < 4.78 is 19.2. The Bertz CT molecular complexity index is 758. The fourth-order valence-corrected chi connectivity index (χ4v) is 1.96. The summed E-state index contributed by atoms with van der Waals surface area (Å²) in [4.78, 5) is 7.01. The zero-order chi connectivity index (χ0) is 15.4. The van der Waals surface area contributed by atoms with Crippen molar-refractivity contribution in [3.8, 4) is 11.5 Å². The molecule has 0 radical (unpaired) electrons. The largest absolute Gasteiger partial charge is 0.453 e. The number of ether oxygens (including phenoxy) is 1. The van der Waals surface area contributed by atoms with Crippen LogP contribution in [-0.2, 0) is 0 Å². The first-order valence-corrected chi connectivity index (χ1v) is 6.88. The predicted molar refractivity (Wildman–Crippen MR) is 83.3 cm³/mol. The number of nitrogen functional groups attached to an aromatic ring is 1. The van der Waals surface area contributed by atoms with Crippen molar-refractivity contribution in [1.82, 2.24) is 9.97 Å². The summed E-state index contributed by atoms with van der Waals surface area (Å²) in [5.41, 5.74) is 6.41. The Kier molecular flexibility index (Phi) is 4.65. The molecule has 0 unspecified atom stereocenters. The normalized spacial score (nSPS) is 10.1. The molecule has 0 aliphatic carbocycles. The third kappa shape index (κ3) is 3.25. The highest BCUT2D eigenvalue weighted by Crippen LogP contribution is 2.32. The Morgan fingerprint density at radius 2 is 1.95 bits per heavy atom. The summed E-state index contributed by atoms with van der Waals surface area (Å²) in [6.07, 6.45) is 1.71. The maximum absolute atomic E-state index is 13.7. The number of H-pyrrole nitrogens is 1. The first kappa shape index (κ1) is 15.1. The number of anilines is 1. The van der Waals surface area contributed by atoms with Crippen LogP contribution in [0.4, 0.5) is 10.1 Å². The first-order chi connectivity index (χ1) is 10.1. The molecule has 2 heterocycles. The van der Waals surface area contributed by atoms with E-state index in [-0.39, 0.29) is 10.9 Å². The number of benzene rings is 1. The number of nitrogens with one attached hydrogen (secondary N) is 1. The first-order valence-electron chi connectivity index (χ1n) is 6.50. The van der Waals surface area contributed by atoms with Gasteiger partial charge >= 0.3 is 0 Å². The topological polar surface area (TPSA) is 63.9 Å². The van der Waals surface area contributed by atoms with Crippen molar-refractivity contribution < 1.29 is 9.13 Å². The van der Waals surface area contributed by atoms with E-state index in [0.29, 0.717) is 17.1 Å². The summed E-state index contributed by atoms with van der Waals surface area (Å²) in [6.45, 7) is 4.00. The lowest BCUT2D eigenvalue weighted by Gasteiger charge is -2.08. The summed E-state index contributed by atoms with van der Waals surface area (Å²) >= 11 is 5.89. The van der Waals surface area contributed by atoms with E-state index in [4.69, 9.17) is 22.1 Å². The third-order valence-electron chi connectivity index (χ3n) is 2.64. The van der Waals surface area contributed by atoms with E-state index in [1.165, 1.54) is 18.2 Å². The second-order valence-electron chi connectivity index (χ2n) is 3.97. The van der Waals surface area contributed by atoms with Crippen molar-refractivity contribution in [3.63, 3.8) is 0 Å². The minimum atomic E-state index is -0.531. The van der Waals surface area contributed by atoms with Crippen LogP contribution in [0.3, 0.4) is 0 Å². The number of aromatic nitrogens is 2. The van der Waals surface area contributed by atoms with Crippen LogP contribution in [0, 0.1) is 5.82 Å². The van der Waals surface area contributed by atoms with Gasteiger partial charge in [0.25, 0.3) is 0 Å². The molecule has 4 nitrogen and oxygen atoms in total. The third-order valence-corrected chi connectivity index (χ3v) is 2.83. The van der Waals surface area contributed by atoms with Crippen LogP contribution in [0.15, 0.2) is 36.5 Å². The lowest BCUT2D eigenvalue weighted by atomic mass is 10.3. The van der Waals surface area contributed by atoms with Crippen LogP contribution >= 0.6 is 11.6 Å². The number of aromatic amines is 1. The summed E-state index contributed by atoms with van der Waals surface area (Å²) in [6, 6.07) is 7.55. The molecule has 2 aromatic heterocycles. The Labute approximate surface area is 126 Å². The van der Waals surface area contributed by atoms with E-state index in [9.17, 15) is 4.39 Å². The molecule has 6 heteroatoms. The van der Waals surface area contributed by atoms with Gasteiger partial charge in [-0.25, -0.2) is 9.37 Å². The van der Waals surface area contributed by atoms with Crippen LogP contribution in [-0.4, -0.2) is 9.97 Å². The number of pyridine rings is 1. The molecule has 0 saturated carbocycles. The number of hydrogen-bond acceptors (Lipinski definition) is 3. The quantitative estimate of drug-likeness (QED) is 0.530. The molecule has 110 valence electrons. The molecule has 3 rings (SSSR count). The van der Waals surface area contributed by atoms with E-state index in [1.54, 1.807) is 18.3 Å². The van der Waals surface area contributed by atoms with Gasteiger partial charge in [-0.05, 0) is 18.2 Å². The lowest BCUT2D eigenvalue weighted by molar-refractivity contribution is 0.446. The van der Waals surface area contributed by atoms with Gasteiger partial charge in [0, 0.05) is 24.0 Å². The molecule has 0 spiro atoms. The second-order valence-corrected chi connectivity index (χ2v) is 4.36. The van der Waals surface area contributed by atoms with Gasteiger partial charge in [0.05, 0.1) is 5.39 Å². The molecule has 0 saturated heterocycles. The van der Waals surface area contributed by atoms with Gasteiger partial charge in [-0.1, -0.05) is 25.4 Å². The van der Waals surface area contributed by atoms with Gasteiger partial charge < -0.3 is 15.5 Å². The SMILES string of the molecule is CC.Nc1ccc(Oc2cc(Cl)nc3[nH]ccc23)c(F)c1. The van der Waals surface area contributed by atoms with E-state index < -0.39 is 5.82 Å². The summed E-state index contributed by atoms with van der Waals surface area (Å²) in [5, 5.41) is 0.987. The zero-order valence-electron chi connectivity index (χ0n) is 11.7. The Hall–Kier alpha value is -2.27. The van der Waals surface area contributed by atoms with Crippen LogP contribution in [0.1, 0.15) is 13.8 Å². The highest BCUT2D eigenvalue weighted by Gasteiger charge is 2.10. The van der Waals surface area contributed by atoms with Crippen LogP contribution < -0.4 is 10.5 Å². The fraction of sp³-hybridized carbons (Fsp3) is 0.133. The highest BCUT2D eigenvalue weighted by molar-refractivity contribution is 6.30. The Morgan fingerprint density at radius 1 is 1.19 bits per heavy atom. The minimum Gasteiger partial charge on any atom is -0.453 e. The maximum Gasteiger partial charge on any atom is 0.167 e. The Morgan fingerprint density at radius 3 is 2.67 bits per heavy atom. The molecule has 0 atom stereocenters. The van der Waals surface area contributed by atoms with Gasteiger partial charge in [-0.2, -0.15) is 0 Å². The van der Waals surface area contributed by atoms with E-state index in [2.05, 4.69) is 9.97 Å². The highest BCUT2D eigenvalue weighted by atomic mass is 35.5.